The van der Waals surface area contributed by atoms with Crippen LogP contribution < -0.4 is 10.1 Å². The van der Waals surface area contributed by atoms with Crippen molar-refractivity contribution < 1.29 is 14.3 Å². The first-order valence-corrected chi connectivity index (χ1v) is 16.4. The quantitative estimate of drug-likeness (QED) is 0.131. The summed E-state index contributed by atoms with van der Waals surface area (Å²) in [6, 6.07) is 25.5. The normalized spacial score (nSPS) is 14.5. The van der Waals surface area contributed by atoms with Gasteiger partial charge < -0.3 is 14.8 Å². The van der Waals surface area contributed by atoms with Gasteiger partial charge in [0.05, 0.1) is 12.2 Å². The van der Waals surface area contributed by atoms with Gasteiger partial charge in [-0.3, -0.25) is 0 Å². The van der Waals surface area contributed by atoms with E-state index in [4.69, 9.17) is 9.47 Å². The number of nitrogens with one attached hydrogen (secondary N) is 1. The molecule has 45 heavy (non-hydrogen) atoms. The summed E-state index contributed by atoms with van der Waals surface area (Å²) in [7, 11) is 0. The number of esters is 1. The number of rotatable bonds is 10. The minimum Gasteiger partial charge on any atom is -0.489 e. The molecule has 3 heterocycles. The number of aromatic nitrogens is 6. The molecule has 10 nitrogen and oxygen atoms in total. The molecule has 0 amide bonds. The molecule has 5 aromatic rings. The van der Waals surface area contributed by atoms with E-state index in [1.807, 2.05) is 54.6 Å². The van der Waals surface area contributed by atoms with Crippen LogP contribution in [0, 0.1) is 0 Å². The fourth-order valence-corrected chi connectivity index (χ4v) is 6.74. The first kappa shape index (κ1) is 30.5. The topological polar surface area (TPSA) is 117 Å². The molecule has 0 saturated carbocycles. The van der Waals surface area contributed by atoms with Crippen molar-refractivity contribution >= 4 is 35.0 Å². The Hall–Kier alpha value is -4.55. The number of ether oxygens (including phenoxy) is 2. The van der Waals surface area contributed by atoms with Crippen LogP contribution in [0.25, 0.3) is 10.6 Å². The van der Waals surface area contributed by atoms with Crippen molar-refractivity contribution in [2.45, 2.75) is 50.1 Å². The molecule has 1 atom stereocenters. The second-order valence-corrected chi connectivity index (χ2v) is 13.6. The third kappa shape index (κ3) is 6.91. The van der Waals surface area contributed by atoms with Crippen LogP contribution in [0.1, 0.15) is 50.4 Å². The van der Waals surface area contributed by atoms with E-state index in [9.17, 15) is 4.79 Å². The van der Waals surface area contributed by atoms with Gasteiger partial charge in [-0.1, -0.05) is 116 Å². The standard InChI is InChI=1S/C33H33N7O3S2/c1-5-42-30(41)27-26(20-44-32-37-35-29(45-32)23-9-7-6-8-10-23)34-31-36-38-39-40(31)28(27)22-13-17-25(18-14-22)43-19-21-11-15-24(16-12-21)33(2,3)4/h6-18,28H,5,19-20H2,1-4H3,(H,34,36,39). The van der Waals surface area contributed by atoms with Crippen molar-refractivity contribution in [3.63, 3.8) is 0 Å². The average Bonchev–Trinajstić information content (AvgIpc) is 3.73. The molecule has 0 radical (unpaired) electrons. The van der Waals surface area contributed by atoms with Crippen molar-refractivity contribution in [2.24, 2.45) is 0 Å². The third-order valence-corrected chi connectivity index (χ3v) is 9.41. The molecule has 1 aliphatic heterocycles. The monoisotopic (exact) mass is 639 g/mol. The first-order chi connectivity index (χ1) is 21.8. The summed E-state index contributed by atoms with van der Waals surface area (Å²) in [4.78, 5) is 13.5. The Morgan fingerprint density at radius 2 is 1.73 bits per heavy atom. The largest absolute Gasteiger partial charge is 0.489 e. The highest BCUT2D eigenvalue weighted by molar-refractivity contribution is 8.01. The molecule has 230 valence electrons. The molecule has 1 unspecified atom stereocenters. The van der Waals surface area contributed by atoms with E-state index in [0.717, 1.165) is 26.0 Å². The Labute approximate surface area is 269 Å². The molecule has 0 saturated heterocycles. The van der Waals surface area contributed by atoms with Crippen molar-refractivity contribution in [2.75, 3.05) is 17.7 Å². The van der Waals surface area contributed by atoms with E-state index < -0.39 is 12.0 Å². The maximum atomic E-state index is 13.5. The van der Waals surface area contributed by atoms with Crippen molar-refractivity contribution in [3.05, 3.63) is 107 Å². The second kappa shape index (κ2) is 13.2. The van der Waals surface area contributed by atoms with Crippen molar-refractivity contribution in [3.8, 4) is 16.3 Å². The molecule has 0 bridgehead atoms. The van der Waals surface area contributed by atoms with Crippen LogP contribution >= 0.6 is 23.1 Å². The van der Waals surface area contributed by atoms with Gasteiger partial charge in [0.1, 0.15) is 23.4 Å². The lowest BCUT2D eigenvalue weighted by Crippen LogP contribution is -2.31. The molecular weight excluding hydrogens is 607 g/mol. The van der Waals surface area contributed by atoms with Crippen LogP contribution in [0.15, 0.2) is 94.5 Å². The molecule has 1 aliphatic rings. The fourth-order valence-electron chi connectivity index (χ4n) is 4.92. The fraction of sp³-hybridized carbons (Fsp3) is 0.273. The maximum absolute atomic E-state index is 13.5. The zero-order valence-electron chi connectivity index (χ0n) is 25.4. The third-order valence-electron chi connectivity index (χ3n) is 7.28. The lowest BCUT2D eigenvalue weighted by molar-refractivity contribution is -0.139. The predicted molar refractivity (Wildman–Crippen MR) is 175 cm³/mol. The van der Waals surface area contributed by atoms with Crippen LogP contribution in [0.2, 0.25) is 0 Å². The highest BCUT2D eigenvalue weighted by Gasteiger charge is 2.36. The Balaban J connectivity index is 1.23. The van der Waals surface area contributed by atoms with Gasteiger partial charge >= 0.3 is 5.97 Å². The van der Waals surface area contributed by atoms with Gasteiger partial charge in [0.2, 0.25) is 5.95 Å². The van der Waals surface area contributed by atoms with Crippen molar-refractivity contribution in [1.29, 1.82) is 0 Å². The van der Waals surface area contributed by atoms with Gasteiger partial charge in [0.15, 0.2) is 4.34 Å². The molecule has 1 N–H and O–H groups in total. The summed E-state index contributed by atoms with van der Waals surface area (Å²) >= 11 is 2.98. The number of anilines is 1. The Morgan fingerprint density at radius 1 is 0.978 bits per heavy atom. The van der Waals surface area contributed by atoms with Crippen LogP contribution in [0.5, 0.6) is 5.75 Å². The molecule has 12 heteroatoms. The molecule has 0 fully saturated rings. The van der Waals surface area contributed by atoms with E-state index in [2.05, 4.69) is 76.1 Å². The summed E-state index contributed by atoms with van der Waals surface area (Å²) in [6.45, 7) is 9.07. The van der Waals surface area contributed by atoms with Crippen LogP contribution in [0.3, 0.4) is 0 Å². The van der Waals surface area contributed by atoms with Crippen LogP contribution in [-0.2, 0) is 21.6 Å². The highest BCUT2D eigenvalue weighted by Crippen LogP contribution is 2.38. The van der Waals surface area contributed by atoms with E-state index in [-0.39, 0.29) is 12.0 Å². The number of hydrogen-bond acceptors (Lipinski definition) is 11. The number of nitrogens with zero attached hydrogens (tertiary/aromatic N) is 6. The minimum absolute atomic E-state index is 0.0999. The van der Waals surface area contributed by atoms with Crippen molar-refractivity contribution in [1.82, 2.24) is 30.4 Å². The summed E-state index contributed by atoms with van der Waals surface area (Å²) in [5.74, 6) is 1.13. The number of benzene rings is 3. The van der Waals surface area contributed by atoms with E-state index in [0.29, 0.717) is 35.3 Å². The van der Waals surface area contributed by atoms with E-state index >= 15 is 0 Å². The molecular formula is C33H33N7O3S2. The Kier molecular flexibility index (Phi) is 8.95. The summed E-state index contributed by atoms with van der Waals surface area (Å²) in [5.41, 5.74) is 5.38. The number of hydrogen-bond donors (Lipinski definition) is 1. The van der Waals surface area contributed by atoms with E-state index in [1.54, 1.807) is 11.6 Å². The summed E-state index contributed by atoms with van der Waals surface area (Å²) in [6.07, 6.45) is 0. The smallest absolute Gasteiger partial charge is 0.338 e. The van der Waals surface area contributed by atoms with Gasteiger partial charge in [-0.05, 0) is 51.6 Å². The van der Waals surface area contributed by atoms with Gasteiger partial charge in [0, 0.05) is 17.0 Å². The molecule has 3 aromatic carbocycles. The summed E-state index contributed by atoms with van der Waals surface area (Å²) < 4.78 is 14.0. The maximum Gasteiger partial charge on any atom is 0.338 e. The SMILES string of the molecule is CCOC(=O)C1=C(CSc2nnc(-c3ccccc3)s2)Nc2nnnn2C1c1ccc(OCc2ccc(C(C)(C)C)cc2)cc1. The Morgan fingerprint density at radius 3 is 2.44 bits per heavy atom. The number of thioether (sulfide) groups is 1. The number of carbonyl (C=O) groups excluding carboxylic acids is 1. The van der Waals surface area contributed by atoms with Gasteiger partial charge in [-0.2, -0.15) is 4.68 Å². The molecule has 0 spiro atoms. The second-order valence-electron chi connectivity index (χ2n) is 11.4. The predicted octanol–water partition coefficient (Wildman–Crippen LogP) is 6.69. The number of fused-ring (bicyclic) bond motifs is 1. The van der Waals surface area contributed by atoms with Gasteiger partial charge in [-0.15, -0.1) is 10.2 Å². The molecule has 6 rings (SSSR count). The lowest BCUT2D eigenvalue weighted by Gasteiger charge is -2.28. The number of carbonyl (C=O) groups is 1. The molecule has 2 aromatic heterocycles. The van der Waals surface area contributed by atoms with Crippen LogP contribution in [-0.4, -0.2) is 48.7 Å². The zero-order chi connectivity index (χ0) is 31.4. The van der Waals surface area contributed by atoms with Gasteiger partial charge in [0.25, 0.3) is 0 Å². The minimum atomic E-state index is -0.598. The highest BCUT2D eigenvalue weighted by atomic mass is 32.2. The lowest BCUT2D eigenvalue weighted by atomic mass is 9.87. The molecule has 0 aliphatic carbocycles. The van der Waals surface area contributed by atoms with Crippen LogP contribution in [0.4, 0.5) is 5.95 Å². The number of tetrazole rings is 1. The summed E-state index contributed by atoms with van der Waals surface area (Å²) in [5, 5.41) is 25.1. The first-order valence-electron chi connectivity index (χ1n) is 14.6. The Bertz CT molecular complexity index is 1790. The van der Waals surface area contributed by atoms with E-state index in [1.165, 1.54) is 28.7 Å². The van der Waals surface area contributed by atoms with Gasteiger partial charge in [-0.25, -0.2) is 4.79 Å². The zero-order valence-corrected chi connectivity index (χ0v) is 27.1. The average molecular weight is 640 g/mol.